The maximum absolute atomic E-state index is 9.68. The zero-order chi connectivity index (χ0) is 15.6. The Bertz CT molecular complexity index is 435. The third-order valence-corrected chi connectivity index (χ3v) is 3.16. The molecule has 1 N–H and O–H groups in total. The van der Waals surface area contributed by atoms with Gasteiger partial charge in [0.15, 0.2) is 11.5 Å². The summed E-state index contributed by atoms with van der Waals surface area (Å²) in [5.41, 5.74) is 0.783. The maximum atomic E-state index is 9.68. The van der Waals surface area contributed by atoms with Gasteiger partial charge in [0.1, 0.15) is 13.2 Å². The number of fused-ring (bicyclic) bond motifs is 1. The van der Waals surface area contributed by atoms with Crippen LogP contribution in [0.2, 0.25) is 0 Å². The second-order valence-electron chi connectivity index (χ2n) is 4.92. The molecule has 0 aliphatic carbocycles. The van der Waals surface area contributed by atoms with E-state index < -0.39 is 6.10 Å². The molecule has 6 heteroatoms. The summed E-state index contributed by atoms with van der Waals surface area (Å²) >= 11 is 0. The van der Waals surface area contributed by atoms with Gasteiger partial charge < -0.3 is 28.8 Å². The number of aliphatic hydroxyl groups excluding tert-OH is 1. The Labute approximate surface area is 130 Å². The standard InChI is InChI=1S/C16H24O6/c1-13(17)14-2-3-15-16(12-14)22-11-9-20-7-5-18-4-6-19-8-10-21-15/h2-3,12-13,17H,4-11H2,1H3. The first kappa shape index (κ1) is 17.0. The van der Waals surface area contributed by atoms with Gasteiger partial charge in [-0.3, -0.25) is 0 Å². The van der Waals surface area contributed by atoms with Crippen molar-refractivity contribution < 1.29 is 28.8 Å². The van der Waals surface area contributed by atoms with Crippen LogP contribution in [-0.2, 0) is 14.2 Å². The molecular weight excluding hydrogens is 288 g/mol. The molecule has 1 aliphatic rings. The number of aliphatic hydroxyl groups is 1. The topological polar surface area (TPSA) is 66.4 Å². The van der Waals surface area contributed by atoms with Crippen molar-refractivity contribution in [2.24, 2.45) is 0 Å². The lowest BCUT2D eigenvalue weighted by Crippen LogP contribution is -2.13. The number of hydrogen-bond acceptors (Lipinski definition) is 6. The molecule has 0 saturated heterocycles. The van der Waals surface area contributed by atoms with Gasteiger partial charge in [0, 0.05) is 0 Å². The van der Waals surface area contributed by atoms with Gasteiger partial charge in [-0.05, 0) is 24.6 Å². The third-order valence-electron chi connectivity index (χ3n) is 3.16. The number of rotatable bonds is 1. The van der Waals surface area contributed by atoms with Gasteiger partial charge in [-0.25, -0.2) is 0 Å². The SMILES string of the molecule is CC(O)c1ccc2c(c1)OCCOCCOCCOCCO2. The van der Waals surface area contributed by atoms with Gasteiger partial charge >= 0.3 is 0 Å². The summed E-state index contributed by atoms with van der Waals surface area (Å²) in [5.74, 6) is 1.24. The molecule has 1 aliphatic heterocycles. The van der Waals surface area contributed by atoms with Crippen LogP contribution in [0.25, 0.3) is 0 Å². The lowest BCUT2D eigenvalue weighted by Gasteiger charge is -2.15. The summed E-state index contributed by atoms with van der Waals surface area (Å²) in [6, 6.07) is 5.42. The zero-order valence-electron chi connectivity index (χ0n) is 13.0. The first-order chi connectivity index (χ1) is 10.8. The van der Waals surface area contributed by atoms with Crippen LogP contribution < -0.4 is 9.47 Å². The van der Waals surface area contributed by atoms with Gasteiger partial charge in [-0.15, -0.1) is 0 Å². The normalized spacial score (nSPS) is 19.7. The van der Waals surface area contributed by atoms with E-state index in [1.165, 1.54) is 0 Å². The largest absolute Gasteiger partial charge is 0.487 e. The highest BCUT2D eigenvalue weighted by Gasteiger charge is 2.10. The maximum Gasteiger partial charge on any atom is 0.161 e. The summed E-state index contributed by atoms with van der Waals surface area (Å²) in [6.45, 7) is 5.67. The van der Waals surface area contributed by atoms with E-state index in [-0.39, 0.29) is 0 Å². The van der Waals surface area contributed by atoms with E-state index in [1.807, 2.05) is 6.07 Å². The highest BCUT2D eigenvalue weighted by molar-refractivity contribution is 5.43. The predicted molar refractivity (Wildman–Crippen MR) is 80.5 cm³/mol. The molecule has 0 radical (unpaired) electrons. The van der Waals surface area contributed by atoms with Crippen molar-refractivity contribution in [2.75, 3.05) is 52.9 Å². The Morgan fingerprint density at radius 3 is 1.82 bits per heavy atom. The van der Waals surface area contributed by atoms with E-state index in [9.17, 15) is 5.11 Å². The molecule has 1 aromatic carbocycles. The summed E-state index contributed by atoms with van der Waals surface area (Å²) in [7, 11) is 0. The Hall–Kier alpha value is -1.34. The number of benzene rings is 1. The van der Waals surface area contributed by atoms with Crippen molar-refractivity contribution in [1.82, 2.24) is 0 Å². The van der Waals surface area contributed by atoms with E-state index in [4.69, 9.17) is 23.7 Å². The lowest BCUT2D eigenvalue weighted by molar-refractivity contribution is 0.00708. The monoisotopic (exact) mass is 312 g/mol. The van der Waals surface area contributed by atoms with Crippen molar-refractivity contribution >= 4 is 0 Å². The molecule has 0 fully saturated rings. The molecule has 1 atom stereocenters. The van der Waals surface area contributed by atoms with Crippen LogP contribution in [0.15, 0.2) is 18.2 Å². The van der Waals surface area contributed by atoms with Gasteiger partial charge in [0.05, 0.1) is 45.7 Å². The molecule has 1 heterocycles. The molecular formula is C16H24O6. The first-order valence-corrected chi connectivity index (χ1v) is 7.58. The molecule has 22 heavy (non-hydrogen) atoms. The van der Waals surface area contributed by atoms with Gasteiger partial charge in [0.25, 0.3) is 0 Å². The van der Waals surface area contributed by atoms with Gasteiger partial charge in [-0.2, -0.15) is 0 Å². The Morgan fingerprint density at radius 1 is 0.773 bits per heavy atom. The molecule has 0 bridgehead atoms. The second kappa shape index (κ2) is 9.63. The Morgan fingerprint density at radius 2 is 1.27 bits per heavy atom. The van der Waals surface area contributed by atoms with Crippen molar-refractivity contribution in [2.45, 2.75) is 13.0 Å². The minimum Gasteiger partial charge on any atom is -0.487 e. The van der Waals surface area contributed by atoms with Crippen LogP contribution in [0.1, 0.15) is 18.6 Å². The summed E-state index contributed by atoms with van der Waals surface area (Å²) < 4.78 is 27.6. The summed E-state index contributed by atoms with van der Waals surface area (Å²) in [5, 5.41) is 9.68. The second-order valence-corrected chi connectivity index (χ2v) is 4.92. The minimum absolute atomic E-state index is 0.413. The fourth-order valence-electron chi connectivity index (χ4n) is 1.98. The van der Waals surface area contributed by atoms with Crippen LogP contribution in [0.4, 0.5) is 0 Å². The molecule has 0 aromatic heterocycles. The first-order valence-electron chi connectivity index (χ1n) is 7.58. The van der Waals surface area contributed by atoms with E-state index in [0.717, 1.165) is 5.56 Å². The smallest absolute Gasteiger partial charge is 0.161 e. The van der Waals surface area contributed by atoms with Crippen molar-refractivity contribution in [3.63, 3.8) is 0 Å². The fourth-order valence-corrected chi connectivity index (χ4v) is 1.98. The van der Waals surface area contributed by atoms with Crippen LogP contribution >= 0.6 is 0 Å². The van der Waals surface area contributed by atoms with E-state index in [0.29, 0.717) is 64.4 Å². The average Bonchev–Trinajstić information content (AvgIpc) is 2.52. The van der Waals surface area contributed by atoms with Crippen molar-refractivity contribution in [3.8, 4) is 11.5 Å². The summed E-state index contributed by atoms with van der Waals surface area (Å²) in [6.07, 6.45) is -0.553. The van der Waals surface area contributed by atoms with E-state index >= 15 is 0 Å². The molecule has 0 saturated carbocycles. The molecule has 2 rings (SSSR count). The summed E-state index contributed by atoms with van der Waals surface area (Å²) in [4.78, 5) is 0. The quantitative estimate of drug-likeness (QED) is 0.849. The van der Waals surface area contributed by atoms with E-state index in [1.54, 1.807) is 19.1 Å². The molecule has 1 unspecified atom stereocenters. The molecule has 0 amide bonds. The highest BCUT2D eigenvalue weighted by Crippen LogP contribution is 2.30. The Kier molecular flexibility index (Phi) is 7.45. The number of ether oxygens (including phenoxy) is 5. The van der Waals surface area contributed by atoms with E-state index in [2.05, 4.69) is 0 Å². The van der Waals surface area contributed by atoms with Crippen molar-refractivity contribution in [3.05, 3.63) is 23.8 Å². The molecule has 0 spiro atoms. The fraction of sp³-hybridized carbons (Fsp3) is 0.625. The van der Waals surface area contributed by atoms with Gasteiger partial charge in [0.2, 0.25) is 0 Å². The lowest BCUT2D eigenvalue weighted by atomic mass is 10.1. The average molecular weight is 312 g/mol. The van der Waals surface area contributed by atoms with Crippen LogP contribution in [0, 0.1) is 0 Å². The van der Waals surface area contributed by atoms with Crippen LogP contribution in [0.3, 0.4) is 0 Å². The van der Waals surface area contributed by atoms with Gasteiger partial charge in [-0.1, -0.05) is 6.07 Å². The Balaban J connectivity index is 2.01. The predicted octanol–water partition coefficient (Wildman–Crippen LogP) is 1.56. The third kappa shape index (κ3) is 5.81. The molecule has 124 valence electrons. The van der Waals surface area contributed by atoms with Crippen LogP contribution in [0.5, 0.6) is 11.5 Å². The molecule has 1 aromatic rings. The molecule has 6 nitrogen and oxygen atoms in total. The zero-order valence-corrected chi connectivity index (χ0v) is 13.0. The minimum atomic E-state index is -0.553. The van der Waals surface area contributed by atoms with Crippen LogP contribution in [-0.4, -0.2) is 58.0 Å². The number of hydrogen-bond donors (Lipinski definition) is 1. The van der Waals surface area contributed by atoms with Crippen molar-refractivity contribution in [1.29, 1.82) is 0 Å². The highest BCUT2D eigenvalue weighted by atomic mass is 16.6.